The highest BCUT2D eigenvalue weighted by molar-refractivity contribution is 9.10. The highest BCUT2D eigenvalue weighted by atomic mass is 79.9. The van der Waals surface area contributed by atoms with E-state index in [1.807, 2.05) is 13.8 Å². The van der Waals surface area contributed by atoms with Crippen molar-refractivity contribution < 1.29 is 19.0 Å². The molecular formula is C19H20BrFO3. The van der Waals surface area contributed by atoms with Crippen LogP contribution in [0.5, 0.6) is 0 Å². The Morgan fingerprint density at radius 1 is 1.21 bits per heavy atom. The lowest BCUT2D eigenvalue weighted by molar-refractivity contribution is 0.0600. The molecule has 0 aliphatic rings. The van der Waals surface area contributed by atoms with Crippen LogP contribution in [0.4, 0.5) is 4.39 Å². The Labute approximate surface area is 149 Å². The Hall–Kier alpha value is -1.72. The first kappa shape index (κ1) is 18.6. The van der Waals surface area contributed by atoms with Crippen molar-refractivity contribution in [1.82, 2.24) is 0 Å². The highest BCUT2D eigenvalue weighted by Gasteiger charge is 2.21. The van der Waals surface area contributed by atoms with Crippen LogP contribution in [0.1, 0.15) is 59.3 Å². The molecule has 0 aliphatic heterocycles. The molecule has 0 heterocycles. The Morgan fingerprint density at radius 2 is 1.88 bits per heavy atom. The summed E-state index contributed by atoms with van der Waals surface area (Å²) >= 11 is 3.39. The number of aliphatic hydroxyl groups excluding tert-OH is 1. The maximum absolute atomic E-state index is 13.6. The molecule has 2 aromatic rings. The maximum Gasteiger partial charge on any atom is 0.337 e. The minimum absolute atomic E-state index is 0.124. The number of hydrogen-bond donors (Lipinski definition) is 1. The zero-order chi connectivity index (χ0) is 17.9. The van der Waals surface area contributed by atoms with E-state index in [-0.39, 0.29) is 11.7 Å². The van der Waals surface area contributed by atoms with Gasteiger partial charge in [-0.15, -0.1) is 0 Å². The van der Waals surface area contributed by atoms with Crippen molar-refractivity contribution in [2.75, 3.05) is 7.11 Å². The van der Waals surface area contributed by atoms with Gasteiger partial charge >= 0.3 is 5.97 Å². The van der Waals surface area contributed by atoms with Gasteiger partial charge in [0.25, 0.3) is 0 Å². The highest BCUT2D eigenvalue weighted by Crippen LogP contribution is 2.35. The van der Waals surface area contributed by atoms with Gasteiger partial charge in [0, 0.05) is 4.47 Å². The molecule has 0 fully saturated rings. The predicted octanol–water partition coefficient (Wildman–Crippen LogP) is 4.97. The van der Waals surface area contributed by atoms with Gasteiger partial charge in [0.15, 0.2) is 0 Å². The quantitative estimate of drug-likeness (QED) is 0.728. The number of carbonyl (C=O) groups is 1. The topological polar surface area (TPSA) is 46.5 Å². The largest absolute Gasteiger partial charge is 0.465 e. The fourth-order valence-electron chi connectivity index (χ4n) is 2.60. The smallest absolute Gasteiger partial charge is 0.337 e. The van der Waals surface area contributed by atoms with E-state index in [4.69, 9.17) is 4.74 Å². The monoisotopic (exact) mass is 394 g/mol. The number of methoxy groups -OCH3 is 1. The lowest BCUT2D eigenvalue weighted by Crippen LogP contribution is -2.08. The number of benzene rings is 2. The van der Waals surface area contributed by atoms with Crippen LogP contribution in [0.25, 0.3) is 0 Å². The Kier molecular flexibility index (Phi) is 6.13. The summed E-state index contributed by atoms with van der Waals surface area (Å²) < 4.78 is 18.9. The van der Waals surface area contributed by atoms with E-state index in [1.165, 1.54) is 19.2 Å². The second-order valence-electron chi connectivity index (χ2n) is 5.71. The summed E-state index contributed by atoms with van der Waals surface area (Å²) in [6.07, 6.45) is -0.0818. The summed E-state index contributed by atoms with van der Waals surface area (Å²) in [6.45, 7) is 4.02. The number of halogens is 2. The second kappa shape index (κ2) is 7.90. The van der Waals surface area contributed by atoms with Crippen molar-refractivity contribution in [3.63, 3.8) is 0 Å². The number of hydrogen-bond acceptors (Lipinski definition) is 3. The molecule has 2 rings (SSSR count). The molecule has 0 amide bonds. The van der Waals surface area contributed by atoms with Crippen molar-refractivity contribution in [3.8, 4) is 0 Å². The zero-order valence-corrected chi connectivity index (χ0v) is 15.4. The van der Waals surface area contributed by atoms with Crippen LogP contribution in [-0.4, -0.2) is 18.2 Å². The molecule has 0 spiro atoms. The first-order chi connectivity index (χ1) is 11.4. The van der Waals surface area contributed by atoms with Crippen LogP contribution >= 0.6 is 15.9 Å². The maximum atomic E-state index is 13.6. The van der Waals surface area contributed by atoms with E-state index >= 15 is 0 Å². The molecule has 2 unspecified atom stereocenters. The molecular weight excluding hydrogens is 375 g/mol. The van der Waals surface area contributed by atoms with E-state index in [2.05, 4.69) is 15.9 Å². The minimum Gasteiger partial charge on any atom is -0.465 e. The van der Waals surface area contributed by atoms with Crippen molar-refractivity contribution in [3.05, 3.63) is 68.9 Å². The summed E-state index contributed by atoms with van der Waals surface area (Å²) in [4.78, 5) is 11.6. The summed E-state index contributed by atoms with van der Waals surface area (Å²) in [5.74, 6) is -0.640. The summed E-state index contributed by atoms with van der Waals surface area (Å²) in [7, 11) is 1.32. The fraction of sp³-hybridized carbons (Fsp3) is 0.316. The van der Waals surface area contributed by atoms with Crippen molar-refractivity contribution in [1.29, 1.82) is 0 Å². The first-order valence-corrected chi connectivity index (χ1v) is 8.53. The van der Waals surface area contributed by atoms with Crippen LogP contribution in [-0.2, 0) is 4.74 Å². The molecule has 0 bridgehead atoms. The summed E-state index contributed by atoms with van der Waals surface area (Å²) in [6, 6.07) is 9.32. The average Bonchev–Trinajstić information content (AvgIpc) is 2.59. The van der Waals surface area contributed by atoms with Crippen LogP contribution in [0, 0.1) is 5.82 Å². The van der Waals surface area contributed by atoms with Gasteiger partial charge in [-0.3, -0.25) is 0 Å². The number of aliphatic hydroxyl groups is 1. The van der Waals surface area contributed by atoms with Crippen molar-refractivity contribution in [2.45, 2.75) is 32.3 Å². The molecule has 128 valence electrons. The van der Waals surface area contributed by atoms with Gasteiger partial charge in [0.1, 0.15) is 11.9 Å². The molecule has 0 aliphatic carbocycles. The van der Waals surface area contributed by atoms with Gasteiger partial charge in [-0.1, -0.05) is 41.9 Å². The van der Waals surface area contributed by atoms with E-state index in [0.29, 0.717) is 21.2 Å². The number of rotatable bonds is 5. The number of carbonyl (C=O) groups excluding carboxylic acids is 1. The predicted molar refractivity (Wildman–Crippen MR) is 94.6 cm³/mol. The van der Waals surface area contributed by atoms with Gasteiger partial charge in [0.05, 0.1) is 12.7 Å². The normalized spacial score (nSPS) is 13.4. The molecule has 5 heteroatoms. The van der Waals surface area contributed by atoms with E-state index in [0.717, 1.165) is 12.0 Å². The second-order valence-corrected chi connectivity index (χ2v) is 6.57. The van der Waals surface area contributed by atoms with E-state index < -0.39 is 12.1 Å². The van der Waals surface area contributed by atoms with E-state index in [9.17, 15) is 14.3 Å². The Bertz CT molecular complexity index is 745. The van der Waals surface area contributed by atoms with Crippen LogP contribution < -0.4 is 0 Å². The number of ether oxygens (including phenoxy) is 1. The molecule has 2 aromatic carbocycles. The molecule has 0 aromatic heterocycles. The lowest BCUT2D eigenvalue weighted by atomic mass is 9.88. The molecule has 3 nitrogen and oxygen atoms in total. The van der Waals surface area contributed by atoms with Gasteiger partial charge in [-0.25, -0.2) is 9.18 Å². The minimum atomic E-state index is -0.921. The van der Waals surface area contributed by atoms with Gasteiger partial charge in [-0.2, -0.15) is 0 Å². The molecule has 0 saturated carbocycles. The lowest BCUT2D eigenvalue weighted by Gasteiger charge is -2.21. The molecule has 24 heavy (non-hydrogen) atoms. The third kappa shape index (κ3) is 3.84. The third-order valence-electron chi connectivity index (χ3n) is 4.20. The van der Waals surface area contributed by atoms with Crippen molar-refractivity contribution in [2.24, 2.45) is 0 Å². The Morgan fingerprint density at radius 3 is 2.46 bits per heavy atom. The molecule has 0 radical (unpaired) electrons. The molecule has 2 atom stereocenters. The van der Waals surface area contributed by atoms with Gasteiger partial charge in [-0.05, 0) is 53.3 Å². The van der Waals surface area contributed by atoms with Crippen LogP contribution in [0.2, 0.25) is 0 Å². The molecule has 0 saturated heterocycles. The Balaban J connectivity index is 2.46. The van der Waals surface area contributed by atoms with E-state index in [1.54, 1.807) is 24.3 Å². The summed E-state index contributed by atoms with van der Waals surface area (Å²) in [5, 5.41) is 10.8. The molecule has 1 N–H and O–H groups in total. The van der Waals surface area contributed by atoms with Gasteiger partial charge in [0.2, 0.25) is 0 Å². The van der Waals surface area contributed by atoms with Crippen LogP contribution in [0.15, 0.2) is 40.9 Å². The first-order valence-electron chi connectivity index (χ1n) is 7.74. The summed E-state index contributed by atoms with van der Waals surface area (Å²) in [5.41, 5.74) is 2.45. The zero-order valence-electron chi connectivity index (χ0n) is 13.8. The standard InChI is InChI=1S/C19H20BrFO3/c1-4-11(2)16-10-13(21)6-8-14(16)18(22)15-7-5-12(9-17(15)20)19(23)24-3/h5-11,18,22H,4H2,1-3H3. The van der Waals surface area contributed by atoms with Crippen LogP contribution in [0.3, 0.4) is 0 Å². The fourth-order valence-corrected chi connectivity index (χ4v) is 3.20. The SMILES string of the molecule is CCC(C)c1cc(F)ccc1C(O)c1ccc(C(=O)OC)cc1Br. The van der Waals surface area contributed by atoms with Crippen molar-refractivity contribution >= 4 is 21.9 Å². The number of esters is 1. The third-order valence-corrected chi connectivity index (χ3v) is 4.89. The van der Waals surface area contributed by atoms with Gasteiger partial charge < -0.3 is 9.84 Å². The average molecular weight is 395 g/mol.